The number of alkyl halides is 3. The van der Waals surface area contributed by atoms with Crippen LogP contribution in [0.3, 0.4) is 0 Å². The van der Waals surface area contributed by atoms with E-state index in [2.05, 4.69) is 23.4 Å². The third-order valence-corrected chi connectivity index (χ3v) is 6.48. The van der Waals surface area contributed by atoms with Crippen molar-refractivity contribution in [2.24, 2.45) is 11.8 Å². The molecule has 3 rings (SSSR count). The molecule has 1 N–H and O–H groups in total. The van der Waals surface area contributed by atoms with E-state index in [0.29, 0.717) is 41.6 Å². The van der Waals surface area contributed by atoms with Crippen molar-refractivity contribution in [1.82, 2.24) is 15.1 Å². The van der Waals surface area contributed by atoms with Crippen LogP contribution in [-0.4, -0.2) is 43.9 Å². The predicted octanol–water partition coefficient (Wildman–Crippen LogP) is 4.83. The van der Waals surface area contributed by atoms with Crippen LogP contribution in [0.25, 0.3) is 11.3 Å². The van der Waals surface area contributed by atoms with Gasteiger partial charge in [-0.15, -0.1) is 0 Å². The number of nitrogens with zero attached hydrogens (tertiary/aromatic N) is 3. The van der Waals surface area contributed by atoms with Gasteiger partial charge in [-0.25, -0.2) is 0 Å². The van der Waals surface area contributed by atoms with Gasteiger partial charge in [0.25, 0.3) is 5.91 Å². The number of benzene rings is 1. The van der Waals surface area contributed by atoms with Gasteiger partial charge >= 0.3 is 17.7 Å². The van der Waals surface area contributed by atoms with E-state index in [1.807, 2.05) is 6.92 Å². The van der Waals surface area contributed by atoms with Gasteiger partial charge in [0.05, 0.1) is 12.8 Å². The number of hydrogen-bond donors (Lipinski definition) is 1. The maximum absolute atomic E-state index is 13.0. The molecule has 1 amide bonds. The number of nitriles is 1. The summed E-state index contributed by atoms with van der Waals surface area (Å²) in [6.07, 6.45) is -0.923. The van der Waals surface area contributed by atoms with Crippen molar-refractivity contribution in [2.75, 3.05) is 13.7 Å². The fourth-order valence-electron chi connectivity index (χ4n) is 4.46. The number of amides is 1. The van der Waals surface area contributed by atoms with Gasteiger partial charge in [0, 0.05) is 25.1 Å². The number of halogens is 3. The maximum Gasteiger partial charge on any atom is 0.389 e. The standard InChI is InChI=1S/C25H31F3N4O2.O2S/c1-4-32-23(19-10-9-17(13-21(19)34-3)11-12-25(26,27)28)20(14-29)22(31-32)24(33)30-15-18-7-5-16(2)6-8-18;1-3-2/h9-10,13,16,18H,4-8,11-12,15H2,1-3H3,(H,30,33);. The zero-order chi connectivity index (χ0) is 27.6. The summed E-state index contributed by atoms with van der Waals surface area (Å²) in [5.41, 5.74) is 1.56. The molecule has 0 atom stereocenters. The molecule has 0 radical (unpaired) electrons. The molecule has 1 saturated carbocycles. The molecule has 1 aliphatic rings. The van der Waals surface area contributed by atoms with Crippen LogP contribution in [0, 0.1) is 23.2 Å². The molecule has 1 heterocycles. The lowest BCUT2D eigenvalue weighted by Gasteiger charge is -2.26. The van der Waals surface area contributed by atoms with Crippen LogP contribution >= 0.6 is 0 Å². The first kappa shape index (κ1) is 30.0. The molecule has 1 aromatic carbocycles. The highest BCUT2D eigenvalue weighted by Gasteiger charge is 2.28. The van der Waals surface area contributed by atoms with Gasteiger partial charge in [0.2, 0.25) is 0 Å². The highest BCUT2D eigenvalue weighted by molar-refractivity contribution is 7.51. The highest BCUT2D eigenvalue weighted by Crippen LogP contribution is 2.35. The predicted molar refractivity (Wildman–Crippen MR) is 131 cm³/mol. The summed E-state index contributed by atoms with van der Waals surface area (Å²) in [5, 5.41) is 17.2. The molecular formula is C25H31F3N4O4S. The van der Waals surface area contributed by atoms with E-state index in [1.165, 1.54) is 7.11 Å². The minimum Gasteiger partial charge on any atom is -0.496 e. The van der Waals surface area contributed by atoms with Crippen molar-refractivity contribution in [3.05, 3.63) is 35.0 Å². The molecular weight excluding hydrogens is 509 g/mol. The van der Waals surface area contributed by atoms with Crippen LogP contribution in [0.1, 0.15) is 67.6 Å². The van der Waals surface area contributed by atoms with Gasteiger partial charge in [-0.2, -0.15) is 31.9 Å². The Kier molecular flexibility index (Phi) is 11.3. The topological polar surface area (TPSA) is 114 Å². The van der Waals surface area contributed by atoms with Crippen molar-refractivity contribution >= 4 is 17.5 Å². The number of methoxy groups -OCH3 is 1. The number of nitrogens with one attached hydrogen (secondary N) is 1. The van der Waals surface area contributed by atoms with Gasteiger partial charge in [0.15, 0.2) is 5.69 Å². The Hall–Kier alpha value is -3.20. The number of ether oxygens (including phenoxy) is 1. The summed E-state index contributed by atoms with van der Waals surface area (Å²) < 4.78 is 61.5. The quantitative estimate of drug-likeness (QED) is 0.513. The molecule has 8 nitrogen and oxygen atoms in total. The average Bonchev–Trinajstić information content (AvgIpc) is 3.25. The van der Waals surface area contributed by atoms with Crippen molar-refractivity contribution in [1.29, 1.82) is 5.26 Å². The Morgan fingerprint density at radius 1 is 1.27 bits per heavy atom. The average molecular weight is 541 g/mol. The molecule has 0 saturated heterocycles. The number of hydrogen-bond acceptors (Lipinski definition) is 6. The van der Waals surface area contributed by atoms with Crippen LogP contribution in [0.2, 0.25) is 0 Å². The lowest BCUT2D eigenvalue weighted by molar-refractivity contribution is -0.134. The van der Waals surface area contributed by atoms with E-state index in [9.17, 15) is 23.2 Å². The summed E-state index contributed by atoms with van der Waals surface area (Å²) in [6, 6.07) is 6.85. The van der Waals surface area contributed by atoms with E-state index in [1.54, 1.807) is 22.9 Å². The summed E-state index contributed by atoms with van der Waals surface area (Å²) in [4.78, 5) is 13.0. The SMILES string of the molecule is CCn1nc(C(=O)NCC2CCC(C)CC2)c(C#N)c1-c1ccc(CCC(F)(F)F)cc1OC.O=S=O. The van der Waals surface area contributed by atoms with Crippen LogP contribution < -0.4 is 10.1 Å². The second-order valence-electron chi connectivity index (χ2n) is 9.05. The fraction of sp³-hybridized carbons (Fsp3) is 0.560. The van der Waals surface area contributed by atoms with Crippen molar-refractivity contribution in [2.45, 2.75) is 65.1 Å². The summed E-state index contributed by atoms with van der Waals surface area (Å²) >= 11 is -0.750. The normalized spacial score (nSPS) is 17.2. The minimum atomic E-state index is -4.25. The maximum atomic E-state index is 13.0. The Morgan fingerprint density at radius 3 is 2.46 bits per heavy atom. The lowest BCUT2D eigenvalue weighted by atomic mass is 9.83. The first-order valence-electron chi connectivity index (χ1n) is 12.0. The lowest BCUT2D eigenvalue weighted by Crippen LogP contribution is -2.31. The van der Waals surface area contributed by atoms with Crippen LogP contribution in [-0.2, 0) is 24.5 Å². The van der Waals surface area contributed by atoms with Gasteiger partial charge in [-0.3, -0.25) is 9.48 Å². The van der Waals surface area contributed by atoms with Crippen LogP contribution in [0.15, 0.2) is 18.2 Å². The van der Waals surface area contributed by atoms with Gasteiger partial charge in [0.1, 0.15) is 17.4 Å². The smallest absolute Gasteiger partial charge is 0.389 e. The monoisotopic (exact) mass is 540 g/mol. The summed E-state index contributed by atoms with van der Waals surface area (Å²) in [5.74, 6) is 1.07. The first-order chi connectivity index (χ1) is 17.6. The van der Waals surface area contributed by atoms with Gasteiger partial charge < -0.3 is 10.1 Å². The molecule has 1 aromatic heterocycles. The molecule has 0 spiro atoms. The molecule has 37 heavy (non-hydrogen) atoms. The molecule has 0 aliphatic heterocycles. The van der Waals surface area contributed by atoms with Crippen LogP contribution in [0.5, 0.6) is 5.75 Å². The van der Waals surface area contributed by atoms with E-state index < -0.39 is 30.1 Å². The van der Waals surface area contributed by atoms with Crippen molar-refractivity contribution in [3.8, 4) is 23.1 Å². The van der Waals surface area contributed by atoms with Crippen molar-refractivity contribution < 1.29 is 31.1 Å². The number of carbonyl (C=O) groups is 1. The molecule has 0 bridgehead atoms. The Labute approximate surface area is 217 Å². The molecule has 1 fully saturated rings. The number of carbonyl (C=O) groups excluding carboxylic acids is 1. The molecule has 2 aromatic rings. The summed E-state index contributed by atoms with van der Waals surface area (Å²) in [6.45, 7) is 5.02. The zero-order valence-corrected chi connectivity index (χ0v) is 21.9. The Bertz CT molecular complexity index is 1150. The van der Waals surface area contributed by atoms with E-state index in [0.717, 1.165) is 31.6 Å². The van der Waals surface area contributed by atoms with Crippen LogP contribution in [0.4, 0.5) is 13.2 Å². The molecule has 0 unspecified atom stereocenters. The number of aryl methyl sites for hydroxylation is 2. The van der Waals surface area contributed by atoms with Gasteiger partial charge in [-0.1, -0.05) is 25.8 Å². The second kappa shape index (κ2) is 13.9. The molecule has 1 aliphatic carbocycles. The van der Waals surface area contributed by atoms with E-state index in [4.69, 9.17) is 13.2 Å². The minimum absolute atomic E-state index is 0.0479. The Balaban J connectivity index is 0.00000153. The van der Waals surface area contributed by atoms with Gasteiger partial charge in [-0.05, 0) is 55.7 Å². The summed E-state index contributed by atoms with van der Waals surface area (Å²) in [7, 11) is 1.42. The molecule has 202 valence electrons. The Morgan fingerprint density at radius 2 is 1.92 bits per heavy atom. The van der Waals surface area contributed by atoms with E-state index >= 15 is 0 Å². The van der Waals surface area contributed by atoms with E-state index in [-0.39, 0.29) is 17.7 Å². The first-order valence-corrected chi connectivity index (χ1v) is 12.7. The highest BCUT2D eigenvalue weighted by atomic mass is 32.1. The third-order valence-electron chi connectivity index (χ3n) is 6.48. The number of aromatic nitrogens is 2. The third kappa shape index (κ3) is 8.42. The second-order valence-corrected chi connectivity index (χ2v) is 9.19. The molecule has 12 heteroatoms. The fourth-order valence-corrected chi connectivity index (χ4v) is 4.46. The number of rotatable bonds is 8. The zero-order valence-electron chi connectivity index (χ0n) is 21.1. The largest absolute Gasteiger partial charge is 0.496 e. The van der Waals surface area contributed by atoms with Crippen molar-refractivity contribution in [3.63, 3.8) is 0 Å².